The van der Waals surface area contributed by atoms with Gasteiger partial charge in [0, 0.05) is 11.3 Å². The number of Topliss-reactive ketones (excluding diaryl/α,β-unsaturated/α-hetero) is 1. The molecule has 0 heterocycles. The number of ketones is 1. The largest absolute Gasteiger partial charge is 0.497 e. The molecule has 1 N–H and O–H groups in total. The zero-order valence-corrected chi connectivity index (χ0v) is 16.3. The third kappa shape index (κ3) is 6.04. The Hall–Kier alpha value is -3.92. The molecule has 0 saturated carbocycles. The Labute approximate surface area is 168 Å². The highest BCUT2D eigenvalue weighted by molar-refractivity contribution is 6.01. The Bertz CT molecular complexity index is 987. The molecule has 148 valence electrons. The molecule has 0 radical (unpaired) electrons. The first kappa shape index (κ1) is 21.4. The predicted octanol–water partition coefficient (Wildman–Crippen LogP) is 3.38. The summed E-state index contributed by atoms with van der Waals surface area (Å²) in [4.78, 5) is 35.8. The number of amides is 1. The van der Waals surface area contributed by atoms with Crippen molar-refractivity contribution in [1.29, 1.82) is 5.26 Å². The number of carbonyl (C=O) groups excluding carboxylic acids is 3. The van der Waals surface area contributed by atoms with Gasteiger partial charge >= 0.3 is 5.97 Å². The van der Waals surface area contributed by atoms with Crippen molar-refractivity contribution in [3.63, 3.8) is 0 Å². The van der Waals surface area contributed by atoms with Crippen LogP contribution in [0.3, 0.4) is 0 Å². The van der Waals surface area contributed by atoms with Crippen LogP contribution < -0.4 is 10.1 Å². The van der Waals surface area contributed by atoms with Gasteiger partial charge in [0.1, 0.15) is 17.4 Å². The maximum absolute atomic E-state index is 12.3. The number of nitriles is 1. The van der Waals surface area contributed by atoms with Gasteiger partial charge < -0.3 is 14.8 Å². The second kappa shape index (κ2) is 9.85. The summed E-state index contributed by atoms with van der Waals surface area (Å²) in [6.45, 7) is 2.85. The Kier molecular flexibility index (Phi) is 7.26. The maximum Gasteiger partial charge on any atom is 0.349 e. The minimum absolute atomic E-state index is 0.0861. The lowest BCUT2D eigenvalue weighted by Gasteiger charge is -2.13. The van der Waals surface area contributed by atoms with E-state index in [1.165, 1.54) is 27.0 Å². The zero-order valence-electron chi connectivity index (χ0n) is 16.3. The fourth-order valence-corrected chi connectivity index (χ4v) is 2.34. The number of anilines is 1. The van der Waals surface area contributed by atoms with Crippen molar-refractivity contribution >= 4 is 29.4 Å². The topological polar surface area (TPSA) is 105 Å². The van der Waals surface area contributed by atoms with E-state index < -0.39 is 18.0 Å². The summed E-state index contributed by atoms with van der Waals surface area (Å²) < 4.78 is 10.2. The highest BCUT2D eigenvalue weighted by Crippen LogP contribution is 2.16. The highest BCUT2D eigenvalue weighted by atomic mass is 16.5. The van der Waals surface area contributed by atoms with Crippen LogP contribution in [0.4, 0.5) is 5.69 Å². The SMILES string of the molecule is COc1cccc(/C=C(\C#N)C(=O)O[C@H](C)C(=O)Nc2ccc(C(C)=O)cc2)c1. The molecule has 2 aromatic rings. The van der Waals surface area contributed by atoms with Crippen molar-refractivity contribution in [3.8, 4) is 11.8 Å². The average Bonchev–Trinajstić information content (AvgIpc) is 2.72. The second-order valence-corrected chi connectivity index (χ2v) is 6.12. The molecule has 2 rings (SSSR count). The first-order chi connectivity index (χ1) is 13.8. The van der Waals surface area contributed by atoms with Crippen LogP contribution in [0.5, 0.6) is 5.75 Å². The van der Waals surface area contributed by atoms with Crippen LogP contribution in [0.25, 0.3) is 6.08 Å². The predicted molar refractivity (Wildman–Crippen MR) is 107 cm³/mol. The number of rotatable bonds is 7. The number of ether oxygens (including phenoxy) is 2. The summed E-state index contributed by atoms with van der Waals surface area (Å²) in [6, 6.07) is 14.9. The van der Waals surface area contributed by atoms with Crippen LogP contribution >= 0.6 is 0 Å². The summed E-state index contributed by atoms with van der Waals surface area (Å²) >= 11 is 0. The molecule has 2 aromatic carbocycles. The summed E-state index contributed by atoms with van der Waals surface area (Å²) in [5, 5.41) is 11.9. The van der Waals surface area contributed by atoms with Crippen molar-refractivity contribution in [2.24, 2.45) is 0 Å². The molecule has 29 heavy (non-hydrogen) atoms. The van der Waals surface area contributed by atoms with Crippen molar-refractivity contribution in [2.45, 2.75) is 20.0 Å². The van der Waals surface area contributed by atoms with Gasteiger partial charge in [-0.25, -0.2) is 4.79 Å². The lowest BCUT2D eigenvalue weighted by atomic mass is 10.1. The van der Waals surface area contributed by atoms with Crippen molar-refractivity contribution in [3.05, 3.63) is 65.2 Å². The molecule has 0 aromatic heterocycles. The molecule has 0 saturated heterocycles. The van der Waals surface area contributed by atoms with Crippen molar-refractivity contribution < 1.29 is 23.9 Å². The summed E-state index contributed by atoms with van der Waals surface area (Å²) in [5.41, 5.74) is 1.31. The number of methoxy groups -OCH3 is 1. The van der Waals surface area contributed by atoms with Crippen LogP contribution in [-0.4, -0.2) is 30.9 Å². The van der Waals surface area contributed by atoms with E-state index in [0.29, 0.717) is 22.6 Å². The maximum atomic E-state index is 12.3. The van der Waals surface area contributed by atoms with Gasteiger partial charge in [0.05, 0.1) is 7.11 Å². The standard InChI is InChI=1S/C22H20N2O5/c1-14(25)17-7-9-19(10-8-17)24-21(26)15(2)29-22(27)18(13-23)11-16-5-4-6-20(12-16)28-3/h4-12,15H,1-3H3,(H,24,26)/b18-11+/t15-/m1/s1. The van der Waals surface area contributed by atoms with Crippen LogP contribution in [0.15, 0.2) is 54.1 Å². The molecule has 0 bridgehead atoms. The molecule has 0 spiro atoms. The van der Waals surface area contributed by atoms with Gasteiger partial charge in [-0.15, -0.1) is 0 Å². The van der Waals surface area contributed by atoms with E-state index in [2.05, 4.69) is 5.32 Å². The fourth-order valence-electron chi connectivity index (χ4n) is 2.34. The summed E-state index contributed by atoms with van der Waals surface area (Å²) in [5.74, 6) is -0.984. The number of benzene rings is 2. The van der Waals surface area contributed by atoms with E-state index in [1.54, 1.807) is 54.6 Å². The first-order valence-electron chi connectivity index (χ1n) is 8.72. The molecule has 1 atom stereocenters. The van der Waals surface area contributed by atoms with Gasteiger partial charge in [-0.3, -0.25) is 9.59 Å². The minimum atomic E-state index is -1.13. The fraction of sp³-hybridized carbons (Fsp3) is 0.182. The van der Waals surface area contributed by atoms with Crippen LogP contribution in [0.1, 0.15) is 29.8 Å². The third-order valence-electron chi connectivity index (χ3n) is 3.96. The molecule has 7 nitrogen and oxygen atoms in total. The molecule has 0 aliphatic heterocycles. The Balaban J connectivity index is 2.03. The lowest BCUT2D eigenvalue weighted by Crippen LogP contribution is -2.30. The molecular weight excluding hydrogens is 372 g/mol. The number of hydrogen-bond acceptors (Lipinski definition) is 6. The van der Waals surface area contributed by atoms with E-state index in [0.717, 1.165) is 0 Å². The lowest BCUT2D eigenvalue weighted by molar-refractivity contribution is -0.148. The van der Waals surface area contributed by atoms with Gasteiger partial charge in [0.25, 0.3) is 5.91 Å². The molecule has 0 aliphatic carbocycles. The zero-order chi connectivity index (χ0) is 21.4. The van der Waals surface area contributed by atoms with Crippen LogP contribution in [-0.2, 0) is 14.3 Å². The van der Waals surface area contributed by atoms with Gasteiger partial charge in [-0.1, -0.05) is 12.1 Å². The quantitative estimate of drug-likeness (QED) is 0.335. The van der Waals surface area contributed by atoms with E-state index >= 15 is 0 Å². The Morgan fingerprint density at radius 3 is 2.41 bits per heavy atom. The van der Waals surface area contributed by atoms with Crippen molar-refractivity contribution in [2.75, 3.05) is 12.4 Å². The highest BCUT2D eigenvalue weighted by Gasteiger charge is 2.21. The number of carbonyl (C=O) groups is 3. The number of esters is 1. The van der Waals surface area contributed by atoms with Crippen LogP contribution in [0, 0.1) is 11.3 Å². The van der Waals surface area contributed by atoms with Gasteiger partial charge in [0.15, 0.2) is 11.9 Å². The first-order valence-corrected chi connectivity index (χ1v) is 8.72. The van der Waals surface area contributed by atoms with Crippen LogP contribution in [0.2, 0.25) is 0 Å². The molecule has 7 heteroatoms. The molecule has 0 unspecified atom stereocenters. The summed E-state index contributed by atoms with van der Waals surface area (Å²) in [7, 11) is 1.51. The Morgan fingerprint density at radius 2 is 1.83 bits per heavy atom. The minimum Gasteiger partial charge on any atom is -0.497 e. The van der Waals surface area contributed by atoms with E-state index in [-0.39, 0.29) is 11.4 Å². The van der Waals surface area contributed by atoms with Gasteiger partial charge in [-0.2, -0.15) is 5.26 Å². The van der Waals surface area contributed by atoms with E-state index in [1.807, 2.05) is 0 Å². The third-order valence-corrected chi connectivity index (χ3v) is 3.96. The second-order valence-electron chi connectivity index (χ2n) is 6.12. The molecule has 0 aliphatic rings. The van der Waals surface area contributed by atoms with E-state index in [9.17, 15) is 19.6 Å². The monoisotopic (exact) mass is 392 g/mol. The number of hydrogen-bond donors (Lipinski definition) is 1. The number of nitrogens with zero attached hydrogens (tertiary/aromatic N) is 1. The molecule has 0 fully saturated rings. The van der Waals surface area contributed by atoms with E-state index in [4.69, 9.17) is 9.47 Å². The smallest absolute Gasteiger partial charge is 0.349 e. The Morgan fingerprint density at radius 1 is 1.14 bits per heavy atom. The summed E-state index contributed by atoms with van der Waals surface area (Å²) in [6.07, 6.45) is 0.229. The molecule has 1 amide bonds. The molecular formula is C22H20N2O5. The van der Waals surface area contributed by atoms with Crippen molar-refractivity contribution in [1.82, 2.24) is 0 Å². The van der Waals surface area contributed by atoms with Gasteiger partial charge in [0.2, 0.25) is 0 Å². The normalized spacial score (nSPS) is 11.7. The average molecular weight is 392 g/mol. The number of nitrogens with one attached hydrogen (secondary N) is 1. The van der Waals surface area contributed by atoms with Gasteiger partial charge in [-0.05, 0) is 61.9 Å².